The Morgan fingerprint density at radius 2 is 0.769 bits per heavy atom. The third kappa shape index (κ3) is 5.39. The number of terminal acetylenes is 4. The van der Waals surface area contributed by atoms with Crippen LogP contribution in [0, 0.1) is 81.9 Å². The highest BCUT2D eigenvalue weighted by Crippen LogP contribution is 2.85. The van der Waals surface area contributed by atoms with Gasteiger partial charge in [-0.2, -0.15) is 0 Å². The van der Waals surface area contributed by atoms with Crippen LogP contribution in [0.1, 0.15) is 116 Å². The SMILES string of the molecule is C#CCOc1ccc(C23CC4(C)CC(C)(C2)CC(C25CC6(C)CC(C)(CC(c7ccc(OCC#C)cc7OCC#C)(C6)C2)C5)(C4)C3)c(OCC#C)c1. The van der Waals surface area contributed by atoms with Crippen molar-refractivity contribution in [3.8, 4) is 72.4 Å². The minimum Gasteiger partial charge on any atom is -0.481 e. The van der Waals surface area contributed by atoms with Crippen molar-refractivity contribution in [2.75, 3.05) is 26.4 Å². The van der Waals surface area contributed by atoms with E-state index < -0.39 is 0 Å². The first-order valence-corrected chi connectivity index (χ1v) is 19.3. The predicted molar refractivity (Wildman–Crippen MR) is 206 cm³/mol. The van der Waals surface area contributed by atoms with Gasteiger partial charge in [-0.1, -0.05) is 63.5 Å². The van der Waals surface area contributed by atoms with E-state index in [1.807, 2.05) is 12.1 Å². The van der Waals surface area contributed by atoms with Gasteiger partial charge in [0.05, 0.1) is 0 Å². The molecule has 52 heavy (non-hydrogen) atoms. The zero-order valence-electron chi connectivity index (χ0n) is 31.7. The molecule has 8 saturated carbocycles. The second-order valence-electron chi connectivity index (χ2n) is 19.8. The van der Waals surface area contributed by atoms with Gasteiger partial charge in [0.25, 0.3) is 0 Å². The first kappa shape index (κ1) is 34.9. The Hall–Kier alpha value is -4.12. The summed E-state index contributed by atoms with van der Waals surface area (Å²) < 4.78 is 24.6. The quantitative estimate of drug-likeness (QED) is 0.220. The van der Waals surface area contributed by atoms with Gasteiger partial charge in [0, 0.05) is 34.1 Å². The van der Waals surface area contributed by atoms with E-state index in [2.05, 4.69) is 75.6 Å². The van der Waals surface area contributed by atoms with Crippen molar-refractivity contribution in [1.29, 1.82) is 0 Å². The molecule has 2 aromatic carbocycles. The maximum absolute atomic E-state index is 6.41. The van der Waals surface area contributed by atoms with E-state index in [9.17, 15) is 0 Å². The van der Waals surface area contributed by atoms with Gasteiger partial charge in [-0.25, -0.2) is 0 Å². The molecule has 8 fully saturated rings. The molecule has 0 heterocycles. The van der Waals surface area contributed by atoms with Crippen molar-refractivity contribution in [3.05, 3.63) is 47.5 Å². The number of hydrogen-bond acceptors (Lipinski definition) is 4. The minimum absolute atomic E-state index is 0.0117. The monoisotopic (exact) mass is 694 g/mol. The van der Waals surface area contributed by atoms with Gasteiger partial charge in [-0.15, -0.1) is 25.7 Å². The van der Waals surface area contributed by atoms with E-state index in [0.29, 0.717) is 0 Å². The minimum atomic E-state index is -0.0117. The first-order valence-electron chi connectivity index (χ1n) is 19.3. The lowest BCUT2D eigenvalue weighted by molar-refractivity contribution is -0.275. The fraction of sp³-hybridized carbons (Fsp3) is 0.583. The molecule has 0 amide bonds. The Balaban J connectivity index is 1.26. The largest absolute Gasteiger partial charge is 0.481 e. The lowest BCUT2D eigenvalue weighted by atomic mass is 9.24. The van der Waals surface area contributed by atoms with Crippen molar-refractivity contribution < 1.29 is 18.9 Å². The highest BCUT2D eigenvalue weighted by atomic mass is 16.5. The summed E-state index contributed by atoms with van der Waals surface area (Å²) in [5, 5.41) is 0. The van der Waals surface area contributed by atoms with Crippen LogP contribution in [0.25, 0.3) is 0 Å². The number of hydrogen-bond donors (Lipinski definition) is 0. The Labute approximate surface area is 312 Å². The van der Waals surface area contributed by atoms with E-state index in [4.69, 9.17) is 44.6 Å². The Morgan fingerprint density at radius 1 is 0.442 bits per heavy atom. The zero-order chi connectivity index (χ0) is 36.7. The van der Waals surface area contributed by atoms with E-state index >= 15 is 0 Å². The fourth-order valence-corrected chi connectivity index (χ4v) is 15.9. The molecule has 0 saturated heterocycles. The normalized spacial score (nSPS) is 40.2. The molecule has 0 aliphatic heterocycles. The highest BCUT2D eigenvalue weighted by Gasteiger charge is 2.76. The topological polar surface area (TPSA) is 36.9 Å². The number of rotatable bonds is 11. The molecule has 4 atom stereocenters. The van der Waals surface area contributed by atoms with Crippen molar-refractivity contribution in [2.45, 2.75) is 116 Å². The molecule has 4 heteroatoms. The molecule has 4 nitrogen and oxygen atoms in total. The van der Waals surface area contributed by atoms with Crippen LogP contribution in [0.4, 0.5) is 0 Å². The van der Waals surface area contributed by atoms with Gasteiger partial charge in [0.1, 0.15) is 49.4 Å². The van der Waals surface area contributed by atoms with Gasteiger partial charge in [-0.05, 0) is 122 Å². The second-order valence-corrected chi connectivity index (χ2v) is 19.8. The Morgan fingerprint density at radius 3 is 1.10 bits per heavy atom. The average molecular weight is 695 g/mol. The molecular weight excluding hydrogens is 641 g/mol. The summed E-state index contributed by atoms with van der Waals surface area (Å²) in [6.07, 6.45) is 37.5. The summed E-state index contributed by atoms with van der Waals surface area (Å²) in [5.74, 6) is 13.8. The summed E-state index contributed by atoms with van der Waals surface area (Å²) >= 11 is 0. The van der Waals surface area contributed by atoms with Gasteiger partial charge >= 0.3 is 0 Å². The Bertz CT molecular complexity index is 1780. The summed E-state index contributed by atoms with van der Waals surface area (Å²) in [6.45, 7) is 11.3. The van der Waals surface area contributed by atoms with Crippen LogP contribution in [-0.2, 0) is 10.8 Å². The fourth-order valence-electron chi connectivity index (χ4n) is 15.9. The average Bonchev–Trinajstić information content (AvgIpc) is 3.04. The van der Waals surface area contributed by atoms with E-state index in [1.54, 1.807) is 0 Å². The smallest absolute Gasteiger partial charge is 0.148 e. The van der Waals surface area contributed by atoms with Crippen LogP contribution in [0.15, 0.2) is 36.4 Å². The van der Waals surface area contributed by atoms with Crippen molar-refractivity contribution in [3.63, 3.8) is 0 Å². The van der Waals surface area contributed by atoms with Crippen LogP contribution in [-0.4, -0.2) is 26.4 Å². The third-order valence-corrected chi connectivity index (χ3v) is 14.6. The van der Waals surface area contributed by atoms with E-state index in [0.717, 1.165) is 23.0 Å². The van der Waals surface area contributed by atoms with E-state index in [1.165, 1.54) is 88.2 Å². The van der Waals surface area contributed by atoms with Crippen molar-refractivity contribution >= 4 is 0 Å². The maximum atomic E-state index is 6.41. The van der Waals surface area contributed by atoms with Crippen molar-refractivity contribution in [1.82, 2.24) is 0 Å². The van der Waals surface area contributed by atoms with Crippen LogP contribution in [0.2, 0.25) is 0 Å². The molecule has 0 radical (unpaired) electrons. The van der Waals surface area contributed by atoms with Gasteiger partial charge in [0.15, 0.2) is 0 Å². The molecular formula is C48H54O4. The molecule has 8 aliphatic carbocycles. The van der Waals surface area contributed by atoms with Crippen molar-refractivity contribution in [2.24, 2.45) is 32.5 Å². The molecule has 8 aliphatic rings. The second kappa shape index (κ2) is 11.7. The number of benzene rings is 2. The molecule has 0 aromatic heterocycles. The number of ether oxygens (including phenoxy) is 4. The predicted octanol–water partition coefficient (Wildman–Crippen LogP) is 9.67. The lowest BCUT2D eigenvalue weighted by Gasteiger charge is -2.80. The van der Waals surface area contributed by atoms with Gasteiger partial charge in [-0.3, -0.25) is 0 Å². The van der Waals surface area contributed by atoms with E-state index in [-0.39, 0.29) is 69.7 Å². The van der Waals surface area contributed by atoms with Gasteiger partial charge < -0.3 is 18.9 Å². The molecule has 4 unspecified atom stereocenters. The summed E-state index contributed by atoms with van der Waals surface area (Å²) in [5.41, 5.74) is 3.92. The summed E-state index contributed by atoms with van der Waals surface area (Å²) in [7, 11) is 0. The molecule has 0 N–H and O–H groups in total. The van der Waals surface area contributed by atoms with Crippen LogP contribution in [0.5, 0.6) is 23.0 Å². The Kier molecular flexibility index (Phi) is 7.85. The summed E-state index contributed by atoms with van der Waals surface area (Å²) in [4.78, 5) is 0. The standard InChI is InChI=1S/C48H54O4/c1-9-17-49-35-13-15-37(39(21-35)51-19-11-3)45-25-41(5)23-42(6,26-45)30-47(29-41,33-45)48-31-43(7)24-44(8,32-48)28-46(27-43,34-48)38-16-14-36(50-18-10-2)22-40(38)52-20-12-4/h1-4,13-16,21-22H,17-20,23-34H2,5-8H3. The maximum Gasteiger partial charge on any atom is 0.148 e. The first-order chi connectivity index (χ1) is 24.7. The van der Waals surface area contributed by atoms with Crippen LogP contribution in [0.3, 0.4) is 0 Å². The lowest BCUT2D eigenvalue weighted by Crippen LogP contribution is -2.71. The summed E-state index contributed by atoms with van der Waals surface area (Å²) in [6, 6.07) is 12.8. The molecule has 0 spiro atoms. The molecule has 270 valence electrons. The molecule has 2 aromatic rings. The highest BCUT2D eigenvalue weighted by molar-refractivity contribution is 5.50. The third-order valence-electron chi connectivity index (χ3n) is 14.6. The zero-order valence-corrected chi connectivity index (χ0v) is 31.7. The molecule has 10 rings (SSSR count). The molecule has 8 bridgehead atoms. The van der Waals surface area contributed by atoms with Crippen LogP contribution < -0.4 is 18.9 Å². The van der Waals surface area contributed by atoms with Gasteiger partial charge in [0.2, 0.25) is 0 Å². The van der Waals surface area contributed by atoms with Crippen LogP contribution >= 0.6 is 0 Å².